The predicted molar refractivity (Wildman–Crippen MR) is 133 cm³/mol. The third-order valence-corrected chi connectivity index (χ3v) is 5.17. The molecule has 0 unspecified atom stereocenters. The number of amides is 1. The van der Waals surface area contributed by atoms with Gasteiger partial charge in [-0.2, -0.15) is 0 Å². The van der Waals surface area contributed by atoms with Gasteiger partial charge in [-0.15, -0.1) is 0 Å². The molecule has 0 aliphatic carbocycles. The molecule has 0 spiro atoms. The Balaban J connectivity index is 1.33. The summed E-state index contributed by atoms with van der Waals surface area (Å²) in [5, 5.41) is 10.1. The predicted octanol–water partition coefficient (Wildman–Crippen LogP) is 6.51. The standard InChI is InChI=1S/C27H20FN5O/c28-19-9-10-25-24(14-19)26(11-12-30-25)32-23-13-18(16-29-17-23)27(34)33-22-8-4-7-21(15-22)31-20-5-2-1-3-6-20/h1-17,31H,(H,30,32)(H,33,34). The minimum Gasteiger partial charge on any atom is -0.355 e. The minimum atomic E-state index is -0.348. The maximum absolute atomic E-state index is 13.8. The molecule has 6 nitrogen and oxygen atoms in total. The molecule has 0 saturated carbocycles. The third-order valence-electron chi connectivity index (χ3n) is 5.17. The monoisotopic (exact) mass is 449 g/mol. The zero-order valence-corrected chi connectivity index (χ0v) is 18.0. The van der Waals surface area contributed by atoms with Crippen LogP contribution in [-0.4, -0.2) is 15.9 Å². The number of halogens is 1. The lowest BCUT2D eigenvalue weighted by molar-refractivity contribution is 0.102. The number of pyridine rings is 2. The SMILES string of the molecule is O=C(Nc1cccc(Nc2ccccc2)c1)c1cncc(Nc2ccnc3ccc(F)cc23)c1. The maximum atomic E-state index is 13.8. The van der Waals surface area contributed by atoms with Crippen molar-refractivity contribution in [1.29, 1.82) is 0 Å². The number of para-hydroxylation sites is 1. The van der Waals surface area contributed by atoms with E-state index in [1.165, 1.54) is 18.3 Å². The molecule has 3 aromatic carbocycles. The average Bonchev–Trinajstić information content (AvgIpc) is 2.85. The number of rotatable bonds is 6. The molecule has 0 aliphatic rings. The van der Waals surface area contributed by atoms with Gasteiger partial charge in [0.1, 0.15) is 5.82 Å². The van der Waals surface area contributed by atoms with Gasteiger partial charge in [0.2, 0.25) is 0 Å². The van der Waals surface area contributed by atoms with Gasteiger partial charge in [-0.3, -0.25) is 14.8 Å². The molecule has 0 atom stereocenters. The van der Waals surface area contributed by atoms with E-state index >= 15 is 0 Å². The number of carbonyl (C=O) groups excluding carboxylic acids is 1. The van der Waals surface area contributed by atoms with E-state index in [2.05, 4.69) is 25.9 Å². The van der Waals surface area contributed by atoms with E-state index in [0.717, 1.165) is 11.4 Å². The number of anilines is 5. The van der Waals surface area contributed by atoms with Gasteiger partial charge in [0.05, 0.1) is 23.0 Å². The molecule has 0 fully saturated rings. The molecule has 0 saturated heterocycles. The van der Waals surface area contributed by atoms with Crippen LogP contribution in [0.4, 0.5) is 32.8 Å². The molecule has 2 aromatic heterocycles. The second-order valence-corrected chi connectivity index (χ2v) is 7.63. The molecule has 1 amide bonds. The number of benzene rings is 3. The van der Waals surface area contributed by atoms with E-state index in [1.807, 2.05) is 54.6 Å². The number of aromatic nitrogens is 2. The Morgan fingerprint density at radius 3 is 2.44 bits per heavy atom. The van der Waals surface area contributed by atoms with Crippen LogP contribution in [0.25, 0.3) is 10.9 Å². The number of hydrogen-bond acceptors (Lipinski definition) is 5. The lowest BCUT2D eigenvalue weighted by Crippen LogP contribution is -2.12. The fourth-order valence-corrected chi connectivity index (χ4v) is 3.58. The molecule has 2 heterocycles. The highest BCUT2D eigenvalue weighted by Gasteiger charge is 2.10. The molecule has 5 rings (SSSR count). The van der Waals surface area contributed by atoms with Crippen molar-refractivity contribution in [3.63, 3.8) is 0 Å². The van der Waals surface area contributed by atoms with Crippen molar-refractivity contribution in [3.05, 3.63) is 115 Å². The lowest BCUT2D eigenvalue weighted by atomic mass is 10.1. The molecular weight excluding hydrogens is 429 g/mol. The van der Waals surface area contributed by atoms with Crippen molar-refractivity contribution in [2.45, 2.75) is 0 Å². The summed E-state index contributed by atoms with van der Waals surface area (Å²) in [7, 11) is 0. The first kappa shape index (κ1) is 21.1. The molecule has 0 aliphatic heterocycles. The summed E-state index contributed by atoms with van der Waals surface area (Å²) in [6.07, 6.45) is 4.74. The Morgan fingerprint density at radius 1 is 0.735 bits per heavy atom. The maximum Gasteiger partial charge on any atom is 0.257 e. The first-order valence-electron chi connectivity index (χ1n) is 10.6. The highest BCUT2D eigenvalue weighted by molar-refractivity contribution is 6.05. The molecule has 34 heavy (non-hydrogen) atoms. The zero-order valence-electron chi connectivity index (χ0n) is 18.0. The van der Waals surface area contributed by atoms with E-state index in [1.54, 1.807) is 30.6 Å². The van der Waals surface area contributed by atoms with Gasteiger partial charge in [0.15, 0.2) is 0 Å². The van der Waals surface area contributed by atoms with Crippen LogP contribution in [0, 0.1) is 5.82 Å². The van der Waals surface area contributed by atoms with Crippen molar-refractivity contribution < 1.29 is 9.18 Å². The van der Waals surface area contributed by atoms with Gasteiger partial charge in [0.25, 0.3) is 5.91 Å². The van der Waals surface area contributed by atoms with E-state index in [-0.39, 0.29) is 11.7 Å². The third kappa shape index (κ3) is 4.83. The van der Waals surface area contributed by atoms with Gasteiger partial charge < -0.3 is 16.0 Å². The first-order valence-corrected chi connectivity index (χ1v) is 10.6. The Bertz CT molecular complexity index is 1470. The van der Waals surface area contributed by atoms with Crippen LogP contribution in [0.1, 0.15) is 10.4 Å². The molecule has 5 aromatic rings. The van der Waals surface area contributed by atoms with Gasteiger partial charge >= 0.3 is 0 Å². The lowest BCUT2D eigenvalue weighted by Gasteiger charge is -2.12. The number of carbonyl (C=O) groups is 1. The summed E-state index contributed by atoms with van der Waals surface area (Å²) in [6.45, 7) is 0. The van der Waals surface area contributed by atoms with Crippen LogP contribution >= 0.6 is 0 Å². The van der Waals surface area contributed by atoms with Crippen LogP contribution in [0.3, 0.4) is 0 Å². The van der Waals surface area contributed by atoms with E-state index in [4.69, 9.17) is 0 Å². The summed E-state index contributed by atoms with van der Waals surface area (Å²) < 4.78 is 13.8. The van der Waals surface area contributed by atoms with Crippen LogP contribution in [-0.2, 0) is 0 Å². The number of hydrogen-bond donors (Lipinski definition) is 3. The summed E-state index contributed by atoms with van der Waals surface area (Å²) in [5.74, 6) is -0.641. The van der Waals surface area contributed by atoms with E-state index in [0.29, 0.717) is 33.5 Å². The Morgan fingerprint density at radius 2 is 1.56 bits per heavy atom. The minimum absolute atomic E-state index is 0.293. The number of nitrogens with zero attached hydrogens (tertiary/aromatic N) is 2. The summed E-state index contributed by atoms with van der Waals surface area (Å²) in [6, 6.07) is 25.1. The number of nitrogens with one attached hydrogen (secondary N) is 3. The quantitative estimate of drug-likeness (QED) is 0.275. The van der Waals surface area contributed by atoms with Gasteiger partial charge in [-0.05, 0) is 60.7 Å². The van der Waals surface area contributed by atoms with Crippen LogP contribution in [0.5, 0.6) is 0 Å². The highest BCUT2D eigenvalue weighted by atomic mass is 19.1. The summed E-state index contributed by atoms with van der Waals surface area (Å²) in [4.78, 5) is 21.3. The van der Waals surface area contributed by atoms with E-state index in [9.17, 15) is 9.18 Å². The van der Waals surface area contributed by atoms with Crippen molar-refractivity contribution in [2.75, 3.05) is 16.0 Å². The van der Waals surface area contributed by atoms with E-state index < -0.39 is 0 Å². The molecule has 7 heteroatoms. The smallest absolute Gasteiger partial charge is 0.257 e. The van der Waals surface area contributed by atoms with Crippen molar-refractivity contribution in [3.8, 4) is 0 Å². The number of fused-ring (bicyclic) bond motifs is 1. The zero-order chi connectivity index (χ0) is 23.3. The largest absolute Gasteiger partial charge is 0.355 e. The van der Waals surface area contributed by atoms with Gasteiger partial charge in [-0.1, -0.05) is 24.3 Å². The summed E-state index contributed by atoms with van der Waals surface area (Å²) in [5.41, 5.74) is 4.78. The second-order valence-electron chi connectivity index (χ2n) is 7.63. The second kappa shape index (κ2) is 9.38. The van der Waals surface area contributed by atoms with Crippen LogP contribution in [0.15, 0.2) is 104 Å². The fourth-order valence-electron chi connectivity index (χ4n) is 3.58. The highest BCUT2D eigenvalue weighted by Crippen LogP contribution is 2.26. The fraction of sp³-hybridized carbons (Fsp3) is 0. The Labute approximate surface area is 195 Å². The molecular formula is C27H20FN5O. The van der Waals surface area contributed by atoms with Crippen LogP contribution in [0.2, 0.25) is 0 Å². The molecule has 166 valence electrons. The molecule has 3 N–H and O–H groups in total. The van der Waals surface area contributed by atoms with Crippen molar-refractivity contribution >= 4 is 45.2 Å². The average molecular weight is 449 g/mol. The topological polar surface area (TPSA) is 78.9 Å². The van der Waals surface area contributed by atoms with Gasteiger partial charge in [0, 0.05) is 40.5 Å². The first-order chi connectivity index (χ1) is 16.6. The molecule has 0 radical (unpaired) electrons. The van der Waals surface area contributed by atoms with Gasteiger partial charge in [-0.25, -0.2) is 4.39 Å². The van der Waals surface area contributed by atoms with Crippen LogP contribution < -0.4 is 16.0 Å². The van der Waals surface area contributed by atoms with Crippen molar-refractivity contribution in [1.82, 2.24) is 9.97 Å². The molecule has 0 bridgehead atoms. The summed E-state index contributed by atoms with van der Waals surface area (Å²) >= 11 is 0. The van der Waals surface area contributed by atoms with Crippen molar-refractivity contribution in [2.24, 2.45) is 0 Å². The Hall–Kier alpha value is -4.78. The normalized spacial score (nSPS) is 10.6. The Kier molecular flexibility index (Phi) is 5.82.